The predicted molar refractivity (Wildman–Crippen MR) is 149 cm³/mol. The third kappa shape index (κ3) is 5.47. The molecular weight excluding hydrogens is 524 g/mol. The molecule has 10 nitrogen and oxygen atoms in total. The molecule has 1 aliphatic heterocycles. The van der Waals surface area contributed by atoms with Crippen molar-refractivity contribution in [2.75, 3.05) is 24.7 Å². The maximum Gasteiger partial charge on any atom is 0.343 e. The van der Waals surface area contributed by atoms with Crippen LogP contribution in [0.25, 0.3) is 22.7 Å². The molecule has 0 saturated carbocycles. The van der Waals surface area contributed by atoms with E-state index in [1.807, 2.05) is 18.2 Å². The SMILES string of the molecule is CCOC(=O)C1(C(=O)OCC)CCCN1c1ccc(Oc2ccc(-c3nc(-c4cccc(C#N)c4)co3)cc2)nc1. The first-order valence-corrected chi connectivity index (χ1v) is 13.3. The maximum absolute atomic E-state index is 13.0. The number of hydrogen-bond donors (Lipinski definition) is 0. The van der Waals surface area contributed by atoms with Crippen molar-refractivity contribution in [2.45, 2.75) is 32.2 Å². The van der Waals surface area contributed by atoms with Crippen molar-refractivity contribution in [3.8, 4) is 40.4 Å². The summed E-state index contributed by atoms with van der Waals surface area (Å²) in [5, 5.41) is 9.14. The quantitative estimate of drug-likeness (QED) is 0.193. The smallest absolute Gasteiger partial charge is 0.343 e. The summed E-state index contributed by atoms with van der Waals surface area (Å²) >= 11 is 0. The van der Waals surface area contributed by atoms with Gasteiger partial charge >= 0.3 is 11.9 Å². The summed E-state index contributed by atoms with van der Waals surface area (Å²) in [5.74, 6) is 0.0922. The molecule has 4 aromatic rings. The molecule has 1 aliphatic rings. The van der Waals surface area contributed by atoms with E-state index in [9.17, 15) is 9.59 Å². The Labute approximate surface area is 237 Å². The van der Waals surface area contributed by atoms with E-state index >= 15 is 0 Å². The number of aromatic nitrogens is 2. The van der Waals surface area contributed by atoms with Crippen molar-refractivity contribution in [1.82, 2.24) is 9.97 Å². The van der Waals surface area contributed by atoms with Crippen LogP contribution in [-0.2, 0) is 19.1 Å². The number of ether oxygens (including phenoxy) is 3. The molecular formula is C31H28N4O6. The first-order valence-electron chi connectivity index (χ1n) is 13.3. The Morgan fingerprint density at radius 3 is 2.44 bits per heavy atom. The number of esters is 2. The Hall–Kier alpha value is -5.17. The molecule has 0 atom stereocenters. The van der Waals surface area contributed by atoms with E-state index in [1.54, 1.807) is 73.7 Å². The van der Waals surface area contributed by atoms with Crippen LogP contribution in [0.4, 0.5) is 5.69 Å². The van der Waals surface area contributed by atoms with Gasteiger partial charge in [0.05, 0.1) is 36.7 Å². The minimum Gasteiger partial charge on any atom is -0.464 e. The Kier molecular flexibility index (Phi) is 7.97. The van der Waals surface area contributed by atoms with Gasteiger partial charge in [-0.1, -0.05) is 12.1 Å². The van der Waals surface area contributed by atoms with E-state index in [0.717, 1.165) is 11.1 Å². The van der Waals surface area contributed by atoms with E-state index in [2.05, 4.69) is 16.0 Å². The molecule has 0 bridgehead atoms. The van der Waals surface area contributed by atoms with E-state index in [0.29, 0.717) is 53.9 Å². The Morgan fingerprint density at radius 1 is 1.02 bits per heavy atom. The Balaban J connectivity index is 1.29. The third-order valence-electron chi connectivity index (χ3n) is 6.76. The summed E-state index contributed by atoms with van der Waals surface area (Å²) in [6.07, 6.45) is 4.05. The highest BCUT2D eigenvalue weighted by Crippen LogP contribution is 2.37. The lowest BCUT2D eigenvalue weighted by atomic mass is 9.95. The fourth-order valence-electron chi connectivity index (χ4n) is 4.84. The number of carbonyl (C=O) groups excluding carboxylic acids is 2. The number of hydrogen-bond acceptors (Lipinski definition) is 10. The number of benzene rings is 2. The number of nitriles is 1. The summed E-state index contributed by atoms with van der Waals surface area (Å²) in [6.45, 7) is 4.20. The van der Waals surface area contributed by atoms with E-state index in [4.69, 9.17) is 23.9 Å². The van der Waals surface area contributed by atoms with Crippen molar-refractivity contribution < 1.29 is 28.2 Å². The molecule has 0 amide bonds. The lowest BCUT2D eigenvalue weighted by molar-refractivity contribution is -0.163. The van der Waals surface area contributed by atoms with Crippen molar-refractivity contribution >= 4 is 17.6 Å². The zero-order valence-electron chi connectivity index (χ0n) is 22.7. The molecule has 2 aromatic carbocycles. The molecule has 1 fully saturated rings. The summed E-state index contributed by atoms with van der Waals surface area (Å²) in [5.41, 5.74) is 1.79. The highest BCUT2D eigenvalue weighted by molar-refractivity contribution is 6.09. The van der Waals surface area contributed by atoms with Gasteiger partial charge in [-0.05, 0) is 69.2 Å². The Bertz CT molecular complexity index is 1560. The van der Waals surface area contributed by atoms with E-state index < -0.39 is 17.5 Å². The van der Waals surface area contributed by atoms with Gasteiger partial charge in [-0.3, -0.25) is 0 Å². The average molecular weight is 553 g/mol. The van der Waals surface area contributed by atoms with Crippen LogP contribution in [-0.4, -0.2) is 47.2 Å². The van der Waals surface area contributed by atoms with Crippen molar-refractivity contribution in [3.05, 3.63) is 78.7 Å². The second-order valence-electron chi connectivity index (χ2n) is 9.27. The molecule has 10 heteroatoms. The fraction of sp³-hybridized carbons (Fsp3) is 0.258. The normalized spacial score (nSPS) is 13.8. The van der Waals surface area contributed by atoms with Crippen molar-refractivity contribution in [1.29, 1.82) is 5.26 Å². The van der Waals surface area contributed by atoms with Gasteiger partial charge in [-0.15, -0.1) is 0 Å². The lowest BCUT2D eigenvalue weighted by Crippen LogP contribution is -2.58. The number of rotatable bonds is 9. The van der Waals surface area contributed by atoms with Gasteiger partial charge in [-0.2, -0.15) is 5.26 Å². The first kappa shape index (κ1) is 27.4. The molecule has 0 unspecified atom stereocenters. The van der Waals surface area contributed by atoms with Gasteiger partial charge < -0.3 is 23.5 Å². The minimum absolute atomic E-state index is 0.158. The second kappa shape index (κ2) is 11.9. The molecule has 2 aromatic heterocycles. The van der Waals surface area contributed by atoms with Gasteiger partial charge in [0.15, 0.2) is 0 Å². The molecule has 0 aliphatic carbocycles. The monoisotopic (exact) mass is 552 g/mol. The van der Waals surface area contributed by atoms with E-state index in [1.165, 1.54) is 0 Å². The zero-order valence-corrected chi connectivity index (χ0v) is 22.7. The number of nitrogens with zero attached hydrogens (tertiary/aromatic N) is 4. The molecule has 0 spiro atoms. The highest BCUT2D eigenvalue weighted by atomic mass is 16.6. The van der Waals surface area contributed by atoms with Gasteiger partial charge in [0, 0.05) is 23.7 Å². The Morgan fingerprint density at radius 2 is 1.78 bits per heavy atom. The number of oxazole rings is 1. The number of carbonyl (C=O) groups is 2. The van der Waals surface area contributed by atoms with Gasteiger partial charge in [-0.25, -0.2) is 19.6 Å². The van der Waals surface area contributed by atoms with Crippen LogP contribution in [0.3, 0.4) is 0 Å². The molecule has 1 saturated heterocycles. The molecule has 5 rings (SSSR count). The minimum atomic E-state index is -1.54. The van der Waals surface area contributed by atoms with Crippen LogP contribution in [0.15, 0.2) is 77.5 Å². The molecule has 0 radical (unpaired) electrons. The van der Waals surface area contributed by atoms with Crippen LogP contribution in [0.5, 0.6) is 11.6 Å². The number of anilines is 1. The second-order valence-corrected chi connectivity index (χ2v) is 9.27. The lowest BCUT2D eigenvalue weighted by Gasteiger charge is -2.35. The highest BCUT2D eigenvalue weighted by Gasteiger charge is 2.56. The molecule has 41 heavy (non-hydrogen) atoms. The zero-order chi connectivity index (χ0) is 28.8. The van der Waals surface area contributed by atoms with Crippen LogP contribution in [0.1, 0.15) is 32.3 Å². The first-order chi connectivity index (χ1) is 20.0. The van der Waals surface area contributed by atoms with Gasteiger partial charge in [0.2, 0.25) is 17.3 Å². The largest absolute Gasteiger partial charge is 0.464 e. The fourth-order valence-corrected chi connectivity index (χ4v) is 4.84. The average Bonchev–Trinajstić information content (AvgIpc) is 3.68. The third-order valence-corrected chi connectivity index (χ3v) is 6.76. The maximum atomic E-state index is 13.0. The van der Waals surface area contributed by atoms with Crippen LogP contribution < -0.4 is 9.64 Å². The predicted octanol–water partition coefficient (Wildman–Crippen LogP) is 5.53. The molecule has 208 valence electrons. The van der Waals surface area contributed by atoms with Crippen molar-refractivity contribution in [2.24, 2.45) is 0 Å². The van der Waals surface area contributed by atoms with Crippen LogP contribution in [0, 0.1) is 11.3 Å². The topological polar surface area (TPSA) is 128 Å². The number of pyridine rings is 1. The summed E-state index contributed by atoms with van der Waals surface area (Å²) in [7, 11) is 0. The molecule has 0 N–H and O–H groups in total. The van der Waals surface area contributed by atoms with E-state index in [-0.39, 0.29) is 13.2 Å². The van der Waals surface area contributed by atoms with Crippen LogP contribution in [0.2, 0.25) is 0 Å². The van der Waals surface area contributed by atoms with Gasteiger partial charge in [0.1, 0.15) is 17.7 Å². The van der Waals surface area contributed by atoms with Crippen molar-refractivity contribution in [3.63, 3.8) is 0 Å². The van der Waals surface area contributed by atoms with Gasteiger partial charge in [0.25, 0.3) is 0 Å². The molecule has 3 heterocycles. The standard InChI is InChI=1S/C31H28N4O6/c1-3-38-29(36)31(30(37)39-4-2)15-6-16-35(31)24-11-14-27(33-19-24)41-25-12-9-22(10-13-25)28-34-26(20-40-28)23-8-5-7-21(17-23)18-32/h5,7-14,17,19-20H,3-4,6,15-16H2,1-2H3. The summed E-state index contributed by atoms with van der Waals surface area (Å²) < 4.78 is 22.1. The summed E-state index contributed by atoms with van der Waals surface area (Å²) in [4.78, 5) is 36.6. The van der Waals surface area contributed by atoms with Crippen LogP contribution >= 0.6 is 0 Å². The summed E-state index contributed by atoms with van der Waals surface area (Å²) in [6, 6.07) is 19.9.